The van der Waals surface area contributed by atoms with Crippen molar-refractivity contribution >= 4 is 81.4 Å². The standard InChI is InChI=1S/C12H15N5O3.C11H15N7O2.C8H14O2.C5H3N5O.K.H3NO.H2O/c1-20-11(18)6-2-3-7(4-6)17-5-14-8-9(13)15-12(19)16-10(8)17;12-8-7-9(16-11(13)15-8)18(4-14-7)6-2-1-5(3-6)10(19)17-20;1-6-3-4-7(5-6)8(9)10-2;6-3-2-4(8-1-7-2)10-5(11)9-3;;1-2;/h5-7H,2-4H2,1H3,(H3,13,15,16,19);4-6,20H,1-3H2,(H,17,19)(H4,12,13,15,16);6-7H,3-5H2,1-2H3;(H3-,6,7,8,9,10,11);;2H,1H2;1H2/q;;;;+1;;/t6-,7-;5-,6-;6-,7+;;;;/m110..../s1. The number of anilines is 5. The number of carbonyl (C=O) groups is 3. The minimum Gasteiger partial charge on any atom is -0.870 e. The first-order valence-electron chi connectivity index (χ1n) is 19.7. The third kappa shape index (κ3) is 13.0. The number of esters is 2. The normalized spacial score (nSPS) is 20.8. The van der Waals surface area contributed by atoms with Crippen molar-refractivity contribution in [2.45, 2.75) is 76.8 Å². The molecular weight excluding hydrogens is 884 g/mol. The van der Waals surface area contributed by atoms with Crippen molar-refractivity contribution in [1.29, 1.82) is 0 Å². The van der Waals surface area contributed by atoms with E-state index < -0.39 is 11.4 Å². The van der Waals surface area contributed by atoms with Gasteiger partial charge in [0.1, 0.15) is 16.9 Å². The molecule has 346 valence electrons. The first-order chi connectivity index (χ1) is 30.2. The van der Waals surface area contributed by atoms with E-state index in [1.165, 1.54) is 20.6 Å². The van der Waals surface area contributed by atoms with Crippen LogP contribution in [0.2, 0.25) is 0 Å². The summed E-state index contributed by atoms with van der Waals surface area (Å²) < 4.78 is 13.1. The van der Waals surface area contributed by atoms with E-state index in [9.17, 15) is 24.0 Å². The molecule has 1 aliphatic heterocycles. The zero-order chi connectivity index (χ0) is 46.0. The minimum absolute atomic E-state index is 0. The molecule has 17 N–H and O–H groups in total. The molecule has 1 amide bonds. The molecule has 3 saturated carbocycles. The number of nitrogen functional groups attached to an aromatic ring is 4. The Morgan fingerprint density at radius 1 is 0.754 bits per heavy atom. The van der Waals surface area contributed by atoms with Gasteiger partial charge in [-0.3, -0.25) is 29.6 Å². The number of amides is 1. The fourth-order valence-corrected chi connectivity index (χ4v) is 7.98. The van der Waals surface area contributed by atoms with Gasteiger partial charge in [0.2, 0.25) is 17.7 Å². The second kappa shape index (κ2) is 24.5. The second-order valence-corrected chi connectivity index (χ2v) is 15.0. The van der Waals surface area contributed by atoms with Crippen LogP contribution in [0.25, 0.3) is 22.3 Å². The van der Waals surface area contributed by atoms with Gasteiger partial charge in [0.05, 0.1) is 38.7 Å². The monoisotopic (exact) mass is 935 g/mol. The first kappa shape index (κ1) is 53.6. The number of rotatable bonds is 5. The van der Waals surface area contributed by atoms with Gasteiger partial charge < -0.3 is 52.2 Å². The smallest absolute Gasteiger partial charge is 0.870 e. The fourth-order valence-electron chi connectivity index (χ4n) is 7.98. The average molecular weight is 936 g/mol. The van der Waals surface area contributed by atoms with E-state index in [2.05, 4.69) is 74.1 Å². The molecule has 0 bridgehead atoms. The molecule has 0 radical (unpaired) electrons. The Morgan fingerprint density at radius 2 is 1.28 bits per heavy atom. The molecular formula is C36H52KN18O10+. The molecule has 29 heteroatoms. The number of aliphatic imine (C=N–C) groups is 1. The van der Waals surface area contributed by atoms with Gasteiger partial charge in [0.15, 0.2) is 17.1 Å². The van der Waals surface area contributed by atoms with E-state index in [0.717, 1.165) is 32.1 Å². The van der Waals surface area contributed by atoms with Crippen LogP contribution >= 0.6 is 0 Å². The summed E-state index contributed by atoms with van der Waals surface area (Å²) in [7, 11) is 2.86. The number of nitrogens with zero attached hydrogens (tertiary/aromatic N) is 9. The molecule has 5 aromatic heterocycles. The molecule has 6 heterocycles. The summed E-state index contributed by atoms with van der Waals surface area (Å²) in [6, 6.07) is 0.161. The van der Waals surface area contributed by atoms with Crippen molar-refractivity contribution in [3.8, 4) is 0 Å². The second-order valence-electron chi connectivity index (χ2n) is 15.0. The van der Waals surface area contributed by atoms with Crippen LogP contribution in [-0.4, -0.2) is 103 Å². The van der Waals surface area contributed by atoms with Crippen LogP contribution in [0.5, 0.6) is 0 Å². The number of methoxy groups -OCH3 is 2. The van der Waals surface area contributed by atoms with Crippen molar-refractivity contribution in [3.63, 3.8) is 0 Å². The summed E-state index contributed by atoms with van der Waals surface area (Å²) in [5.74, 6) is 4.63. The number of hydrogen-bond acceptors (Lipinski definition) is 23. The SMILES string of the molecule is COC(=O)[C@@H]1CC[C@@H](n2cnc3c(N)[nH]c(=O)nc32)C1.COC(=O)[C@@H]1CC[C@H](C)C1.NO.Nc1[nH]c(=O)nc2c1N=[C+]N2.Nc1nc(N)c2ncn([C@@H]3CC[C@@H](C(=O)NO)C3)c2n1.[K+].[OH-]. The quantitative estimate of drug-likeness (QED) is 0.0277. The molecule has 3 aliphatic carbocycles. The van der Waals surface area contributed by atoms with Gasteiger partial charge in [-0.25, -0.2) is 30.9 Å². The predicted octanol–water partition coefficient (Wildman–Crippen LogP) is -2.88. The van der Waals surface area contributed by atoms with E-state index >= 15 is 0 Å². The molecule has 6 atom stereocenters. The van der Waals surface area contributed by atoms with Gasteiger partial charge in [0.25, 0.3) is 6.34 Å². The number of aromatic nitrogens is 10. The molecule has 3 fully saturated rings. The van der Waals surface area contributed by atoms with Crippen LogP contribution in [0.1, 0.15) is 76.8 Å². The largest absolute Gasteiger partial charge is 1.00 e. The van der Waals surface area contributed by atoms with Gasteiger partial charge >= 0.3 is 86.2 Å². The molecule has 65 heavy (non-hydrogen) atoms. The summed E-state index contributed by atoms with van der Waals surface area (Å²) >= 11 is 0. The number of nitrogens with two attached hydrogens (primary N) is 5. The maximum atomic E-state index is 11.6. The topological polar surface area (TPSA) is 460 Å². The van der Waals surface area contributed by atoms with E-state index in [0.29, 0.717) is 59.0 Å². The zero-order valence-corrected chi connectivity index (χ0v) is 39.2. The molecule has 0 unspecified atom stereocenters. The van der Waals surface area contributed by atoms with Gasteiger partial charge in [-0.05, 0) is 68.7 Å². The van der Waals surface area contributed by atoms with Crippen LogP contribution in [0, 0.1) is 23.7 Å². The maximum absolute atomic E-state index is 11.6. The molecule has 0 aromatic carbocycles. The van der Waals surface area contributed by atoms with E-state index in [1.807, 2.05) is 9.13 Å². The fraction of sp³-hybridized carbons (Fsp3) is 0.500. The molecule has 28 nitrogen and oxygen atoms in total. The molecule has 5 aromatic rings. The van der Waals surface area contributed by atoms with Crippen molar-refractivity contribution in [2.24, 2.45) is 34.6 Å². The predicted molar refractivity (Wildman–Crippen MR) is 228 cm³/mol. The van der Waals surface area contributed by atoms with Gasteiger partial charge in [-0.15, -0.1) is 0 Å². The number of hydrogen-bond donors (Lipinski definition) is 11. The van der Waals surface area contributed by atoms with Crippen molar-refractivity contribution in [2.75, 3.05) is 42.5 Å². The average Bonchev–Trinajstić information content (AvgIpc) is 4.12. The number of H-pyrrole nitrogens is 2. The Hall–Kier alpha value is -5.75. The van der Waals surface area contributed by atoms with Crippen LogP contribution in [0.15, 0.2) is 27.2 Å². The van der Waals surface area contributed by atoms with Crippen molar-refractivity contribution < 1.29 is 91.1 Å². The molecule has 9 rings (SSSR count). The summed E-state index contributed by atoms with van der Waals surface area (Å²) in [6.45, 7) is 2.18. The summed E-state index contributed by atoms with van der Waals surface area (Å²) in [5, 5.41) is 17.7. The Labute approximate surface area is 411 Å². The maximum Gasteiger partial charge on any atom is 1.00 e. The number of aromatic amines is 2. The number of carbonyl (C=O) groups excluding carboxylic acids is 3. The van der Waals surface area contributed by atoms with Gasteiger partial charge in [-0.1, -0.05) is 11.9 Å². The number of ether oxygens (including phenoxy) is 2. The minimum atomic E-state index is -0.501. The van der Waals surface area contributed by atoms with Crippen LogP contribution in [0.4, 0.5) is 34.9 Å². The third-order valence-electron chi connectivity index (χ3n) is 11.1. The number of imidazole rings is 2. The Bertz CT molecular complexity index is 2560. The number of nitrogens with one attached hydrogen (secondary N) is 4. The first-order valence-corrected chi connectivity index (χ1v) is 19.7. The van der Waals surface area contributed by atoms with Gasteiger partial charge in [0, 0.05) is 18.0 Å². The molecule has 4 aliphatic rings. The number of fused-ring (bicyclic) bond motifs is 3. The Balaban J connectivity index is 0.000000234. The van der Waals surface area contributed by atoms with Crippen molar-refractivity contribution in [1.82, 2.24) is 54.5 Å². The summed E-state index contributed by atoms with van der Waals surface area (Å²) in [4.78, 5) is 88.4. The van der Waals surface area contributed by atoms with E-state index in [-0.39, 0.29) is 128 Å². The van der Waals surface area contributed by atoms with Crippen LogP contribution < -0.4 is 102 Å². The van der Waals surface area contributed by atoms with Crippen LogP contribution in [-0.2, 0) is 23.9 Å². The van der Waals surface area contributed by atoms with Crippen LogP contribution in [0.3, 0.4) is 0 Å². The van der Waals surface area contributed by atoms with E-state index in [1.54, 1.807) is 18.1 Å². The zero-order valence-electron chi connectivity index (χ0n) is 36.1. The summed E-state index contributed by atoms with van der Waals surface area (Å²) in [6.07, 6.45) is 13.3. The Kier molecular flexibility index (Phi) is 20.2. The summed E-state index contributed by atoms with van der Waals surface area (Å²) in [5.41, 5.74) is 25.7. The van der Waals surface area contributed by atoms with E-state index in [4.69, 9.17) is 38.1 Å². The third-order valence-corrected chi connectivity index (χ3v) is 11.1. The van der Waals surface area contributed by atoms with Gasteiger partial charge in [-0.2, -0.15) is 20.3 Å². The molecule has 0 spiro atoms. The number of hydroxylamine groups is 1. The Morgan fingerprint density at radius 3 is 1.86 bits per heavy atom. The van der Waals surface area contributed by atoms with Crippen molar-refractivity contribution in [3.05, 3.63) is 33.6 Å². The molecule has 0 saturated heterocycles.